The maximum Gasteiger partial charge on any atom is 0.0628 e. The molecule has 0 saturated heterocycles. The molecule has 0 radical (unpaired) electrons. The van der Waals surface area contributed by atoms with E-state index in [2.05, 4.69) is 0 Å². The lowest BCUT2D eigenvalue weighted by Crippen LogP contribution is -2.14. The summed E-state index contributed by atoms with van der Waals surface area (Å²) < 4.78 is 0. The molecule has 1 N–H and O–H groups in total. The van der Waals surface area contributed by atoms with Gasteiger partial charge in [-0.05, 0) is 0 Å². The molecule has 0 aromatic carbocycles. The highest BCUT2D eigenvalue weighted by atomic mass is 16.3. The maximum atomic E-state index is 8.57. The summed E-state index contributed by atoms with van der Waals surface area (Å²) in [6, 6.07) is 2.00. The Labute approximate surface area is 49.8 Å². The summed E-state index contributed by atoms with van der Waals surface area (Å²) in [6.07, 6.45) is 0.420. The van der Waals surface area contributed by atoms with Gasteiger partial charge in [0.2, 0.25) is 0 Å². The monoisotopic (exact) mass is 113 g/mol. The van der Waals surface area contributed by atoms with Crippen molar-refractivity contribution >= 4 is 0 Å². The summed E-state index contributed by atoms with van der Waals surface area (Å²) in [5.74, 6) is 0. The van der Waals surface area contributed by atoms with Crippen LogP contribution in [0.3, 0.4) is 0 Å². The zero-order valence-electron chi connectivity index (χ0n) is 5.31. The van der Waals surface area contributed by atoms with Gasteiger partial charge in [-0.3, -0.25) is 0 Å². The lowest BCUT2D eigenvalue weighted by Gasteiger charge is -2.15. The molecule has 0 aliphatic rings. The fraction of sp³-hybridized carbons (Fsp3) is 0.833. The minimum atomic E-state index is -0.214. The number of rotatable bonds is 2. The normalized spacial score (nSPS) is 10.8. The van der Waals surface area contributed by atoms with Crippen molar-refractivity contribution in [3.8, 4) is 6.07 Å². The largest absolute Gasteiger partial charge is 0.396 e. The molecular formula is C6H11NO. The molecule has 0 aliphatic carbocycles. The first-order chi connectivity index (χ1) is 3.62. The summed E-state index contributed by atoms with van der Waals surface area (Å²) in [5, 5.41) is 16.7. The predicted octanol–water partition coefficient (Wildman–Crippen LogP) is 0.919. The first-order valence-electron chi connectivity index (χ1n) is 2.60. The van der Waals surface area contributed by atoms with E-state index in [9.17, 15) is 0 Å². The van der Waals surface area contributed by atoms with Crippen molar-refractivity contribution in [2.24, 2.45) is 5.41 Å². The molecule has 46 valence electrons. The van der Waals surface area contributed by atoms with E-state index in [0.717, 1.165) is 0 Å². The van der Waals surface area contributed by atoms with Crippen molar-refractivity contribution in [2.75, 3.05) is 6.61 Å². The van der Waals surface area contributed by atoms with Crippen molar-refractivity contribution in [1.29, 1.82) is 5.26 Å². The molecule has 0 aliphatic heterocycles. The molecule has 2 nitrogen and oxygen atoms in total. The van der Waals surface area contributed by atoms with Crippen LogP contribution in [0.1, 0.15) is 20.3 Å². The number of hydrogen-bond acceptors (Lipinski definition) is 2. The van der Waals surface area contributed by atoms with Gasteiger partial charge in [0.15, 0.2) is 0 Å². The molecule has 0 fully saturated rings. The van der Waals surface area contributed by atoms with Gasteiger partial charge in [-0.15, -0.1) is 0 Å². The average molecular weight is 113 g/mol. The van der Waals surface area contributed by atoms with Crippen LogP contribution >= 0.6 is 0 Å². The second-order valence-corrected chi connectivity index (χ2v) is 2.66. The van der Waals surface area contributed by atoms with Crippen LogP contribution in [0.25, 0.3) is 0 Å². The van der Waals surface area contributed by atoms with Crippen LogP contribution < -0.4 is 0 Å². The third-order valence-corrected chi connectivity index (χ3v) is 0.986. The Balaban J connectivity index is 3.58. The van der Waals surface area contributed by atoms with Gasteiger partial charge in [-0.1, -0.05) is 13.8 Å². The van der Waals surface area contributed by atoms with Gasteiger partial charge >= 0.3 is 0 Å². The van der Waals surface area contributed by atoms with Gasteiger partial charge in [0, 0.05) is 18.4 Å². The van der Waals surface area contributed by atoms with E-state index >= 15 is 0 Å². The van der Waals surface area contributed by atoms with Crippen LogP contribution in [0.15, 0.2) is 0 Å². The number of aliphatic hydroxyl groups is 1. The molecule has 0 spiro atoms. The van der Waals surface area contributed by atoms with Gasteiger partial charge in [0.05, 0.1) is 6.07 Å². The first kappa shape index (κ1) is 7.45. The Hall–Kier alpha value is -0.550. The standard InChI is InChI=1S/C6H11NO/c1-6(2,5-8)3-4-7/h8H,3,5H2,1-2H3. The number of nitrogens with zero attached hydrogens (tertiary/aromatic N) is 1. The molecule has 0 aromatic heterocycles. The molecule has 2 heteroatoms. The van der Waals surface area contributed by atoms with Crippen LogP contribution in [-0.2, 0) is 0 Å². The summed E-state index contributed by atoms with van der Waals surface area (Å²) in [5.41, 5.74) is -0.214. The SMILES string of the molecule is CC(C)(CO)CC#N. The van der Waals surface area contributed by atoms with E-state index in [-0.39, 0.29) is 12.0 Å². The van der Waals surface area contributed by atoms with Crippen molar-refractivity contribution in [1.82, 2.24) is 0 Å². The molecule has 8 heavy (non-hydrogen) atoms. The van der Waals surface area contributed by atoms with Crippen molar-refractivity contribution < 1.29 is 5.11 Å². The fourth-order valence-corrected chi connectivity index (χ4v) is 0.270. The van der Waals surface area contributed by atoms with Gasteiger partial charge in [-0.2, -0.15) is 5.26 Å². The molecule has 0 unspecified atom stereocenters. The van der Waals surface area contributed by atoms with Crippen LogP contribution in [0.4, 0.5) is 0 Å². The third-order valence-electron chi connectivity index (χ3n) is 0.986. The predicted molar refractivity (Wildman–Crippen MR) is 31.1 cm³/mol. The van der Waals surface area contributed by atoms with E-state index < -0.39 is 0 Å². The summed E-state index contributed by atoms with van der Waals surface area (Å²) in [7, 11) is 0. The topological polar surface area (TPSA) is 44.0 Å². The highest BCUT2D eigenvalue weighted by Crippen LogP contribution is 2.16. The highest BCUT2D eigenvalue weighted by molar-refractivity contribution is 4.81. The Kier molecular flexibility index (Phi) is 2.50. The van der Waals surface area contributed by atoms with E-state index in [1.54, 1.807) is 0 Å². The average Bonchev–Trinajstić information content (AvgIpc) is 1.67. The van der Waals surface area contributed by atoms with Crippen LogP contribution in [0.5, 0.6) is 0 Å². The van der Waals surface area contributed by atoms with Crippen LogP contribution in [0.2, 0.25) is 0 Å². The summed E-state index contributed by atoms with van der Waals surface area (Å²) >= 11 is 0. The summed E-state index contributed by atoms with van der Waals surface area (Å²) in [4.78, 5) is 0. The maximum absolute atomic E-state index is 8.57. The zero-order chi connectivity index (χ0) is 6.62. The van der Waals surface area contributed by atoms with Crippen LogP contribution in [-0.4, -0.2) is 11.7 Å². The van der Waals surface area contributed by atoms with Gasteiger partial charge in [0.25, 0.3) is 0 Å². The molecule has 0 atom stereocenters. The van der Waals surface area contributed by atoms with E-state index in [1.807, 2.05) is 19.9 Å². The Bertz CT molecular complexity index is 102. The first-order valence-corrected chi connectivity index (χ1v) is 2.60. The second-order valence-electron chi connectivity index (χ2n) is 2.66. The van der Waals surface area contributed by atoms with Crippen molar-refractivity contribution in [3.63, 3.8) is 0 Å². The van der Waals surface area contributed by atoms with Crippen LogP contribution in [0, 0.1) is 16.7 Å². The lowest BCUT2D eigenvalue weighted by molar-refractivity contribution is 0.164. The zero-order valence-corrected chi connectivity index (χ0v) is 5.31. The smallest absolute Gasteiger partial charge is 0.0628 e. The second kappa shape index (κ2) is 2.68. The fourth-order valence-electron chi connectivity index (χ4n) is 0.270. The number of hydrogen-bond donors (Lipinski definition) is 1. The van der Waals surface area contributed by atoms with Gasteiger partial charge in [0.1, 0.15) is 0 Å². The molecule has 0 amide bonds. The van der Waals surface area contributed by atoms with E-state index in [1.165, 1.54) is 0 Å². The van der Waals surface area contributed by atoms with E-state index in [0.29, 0.717) is 6.42 Å². The lowest BCUT2D eigenvalue weighted by atomic mass is 9.92. The third kappa shape index (κ3) is 2.59. The Morgan fingerprint density at radius 3 is 2.25 bits per heavy atom. The Morgan fingerprint density at radius 1 is 1.62 bits per heavy atom. The molecular weight excluding hydrogens is 102 g/mol. The molecule has 0 aromatic rings. The minimum Gasteiger partial charge on any atom is -0.396 e. The quantitative estimate of drug-likeness (QED) is 0.578. The minimum absolute atomic E-state index is 0.0839. The molecule has 0 rings (SSSR count). The molecule has 0 heterocycles. The Morgan fingerprint density at radius 2 is 2.12 bits per heavy atom. The van der Waals surface area contributed by atoms with Crippen molar-refractivity contribution in [2.45, 2.75) is 20.3 Å². The van der Waals surface area contributed by atoms with Crippen molar-refractivity contribution in [3.05, 3.63) is 0 Å². The molecule has 0 bridgehead atoms. The summed E-state index contributed by atoms with van der Waals surface area (Å²) in [6.45, 7) is 3.80. The number of nitriles is 1. The highest BCUT2D eigenvalue weighted by Gasteiger charge is 2.14. The van der Waals surface area contributed by atoms with E-state index in [4.69, 9.17) is 10.4 Å². The van der Waals surface area contributed by atoms with Gasteiger partial charge in [-0.25, -0.2) is 0 Å². The number of aliphatic hydroxyl groups excluding tert-OH is 1. The molecule has 0 saturated carbocycles. The van der Waals surface area contributed by atoms with Gasteiger partial charge < -0.3 is 5.11 Å².